The molecule has 3 aromatic rings. The number of benzene rings is 2. The van der Waals surface area contributed by atoms with Gasteiger partial charge in [-0.2, -0.15) is 0 Å². The van der Waals surface area contributed by atoms with Crippen molar-refractivity contribution in [2.75, 3.05) is 13.4 Å². The van der Waals surface area contributed by atoms with Gasteiger partial charge in [-0.25, -0.2) is 4.98 Å². The summed E-state index contributed by atoms with van der Waals surface area (Å²) < 4.78 is 5.28. The minimum Gasteiger partial charge on any atom is -0.497 e. The Balaban J connectivity index is 1.92. The molecule has 118 valence electrons. The molecule has 0 unspecified atom stereocenters. The van der Waals surface area contributed by atoms with Crippen LogP contribution in [0.15, 0.2) is 63.5 Å². The average Bonchev–Trinajstić information content (AvgIpc) is 3.00. The molecule has 0 fully saturated rings. The molecule has 0 saturated heterocycles. The maximum atomic E-state index is 5.94. The molecule has 3 nitrogen and oxygen atoms in total. The number of aromatic nitrogens is 2. The third kappa shape index (κ3) is 3.86. The standard InChI is InChI=1S/C17H15ClN2OS2/c1-21-13-5-3-4-11(10-13)15-19-16(22-2)17(20-15)23-14-8-6-12(18)7-9-14/h3-10H,1-2H3,(H,19,20). The van der Waals surface area contributed by atoms with E-state index in [9.17, 15) is 0 Å². The van der Waals surface area contributed by atoms with Gasteiger partial charge in [0.25, 0.3) is 0 Å². The van der Waals surface area contributed by atoms with E-state index >= 15 is 0 Å². The summed E-state index contributed by atoms with van der Waals surface area (Å²) in [6.45, 7) is 0. The molecule has 0 amide bonds. The molecule has 2 aromatic carbocycles. The quantitative estimate of drug-likeness (QED) is 0.598. The summed E-state index contributed by atoms with van der Waals surface area (Å²) in [5.74, 6) is 1.65. The molecule has 0 aliphatic carbocycles. The molecular weight excluding hydrogens is 348 g/mol. The number of aromatic amines is 1. The fraction of sp³-hybridized carbons (Fsp3) is 0.118. The Hall–Kier alpha value is -1.56. The molecule has 1 heterocycles. The van der Waals surface area contributed by atoms with Crippen LogP contribution in [0.4, 0.5) is 0 Å². The Kier molecular flexibility index (Phi) is 5.20. The molecule has 0 aliphatic rings. The fourth-order valence-corrected chi connectivity index (χ4v) is 3.78. The smallest absolute Gasteiger partial charge is 0.139 e. The summed E-state index contributed by atoms with van der Waals surface area (Å²) in [5, 5.41) is 2.74. The number of halogens is 1. The van der Waals surface area contributed by atoms with Crippen molar-refractivity contribution in [1.82, 2.24) is 9.97 Å². The monoisotopic (exact) mass is 362 g/mol. The zero-order valence-corrected chi connectivity index (χ0v) is 15.1. The van der Waals surface area contributed by atoms with E-state index in [0.29, 0.717) is 0 Å². The molecular formula is C17H15ClN2OS2. The fourth-order valence-electron chi connectivity index (χ4n) is 2.08. The van der Waals surface area contributed by atoms with Gasteiger partial charge >= 0.3 is 0 Å². The van der Waals surface area contributed by atoms with E-state index < -0.39 is 0 Å². The third-order valence-corrected chi connectivity index (χ3v) is 5.28. The Morgan fingerprint density at radius 3 is 2.61 bits per heavy atom. The molecule has 0 atom stereocenters. The first-order valence-corrected chi connectivity index (χ1v) is 9.33. The van der Waals surface area contributed by atoms with Crippen molar-refractivity contribution in [3.63, 3.8) is 0 Å². The van der Waals surface area contributed by atoms with Crippen LogP contribution in [0.5, 0.6) is 5.75 Å². The molecule has 0 bridgehead atoms. The highest BCUT2D eigenvalue weighted by Gasteiger charge is 2.13. The van der Waals surface area contributed by atoms with Gasteiger partial charge in [0.2, 0.25) is 0 Å². The Morgan fingerprint density at radius 1 is 1.13 bits per heavy atom. The molecule has 1 N–H and O–H groups in total. The second-order valence-corrected chi connectivity index (χ2v) is 7.03. The minimum atomic E-state index is 0.737. The number of thioether (sulfide) groups is 1. The van der Waals surface area contributed by atoms with Crippen LogP contribution in [0, 0.1) is 0 Å². The van der Waals surface area contributed by atoms with E-state index in [1.165, 1.54) is 0 Å². The predicted octanol–water partition coefficient (Wildman–Crippen LogP) is 5.61. The van der Waals surface area contributed by atoms with Crippen LogP contribution in [-0.2, 0) is 0 Å². The third-order valence-electron chi connectivity index (χ3n) is 3.21. The van der Waals surface area contributed by atoms with E-state index in [1.807, 2.05) is 54.8 Å². The van der Waals surface area contributed by atoms with Gasteiger partial charge in [0.15, 0.2) is 0 Å². The highest BCUT2D eigenvalue weighted by molar-refractivity contribution is 8.02. The summed E-state index contributed by atoms with van der Waals surface area (Å²) >= 11 is 9.21. The first-order valence-electron chi connectivity index (χ1n) is 6.91. The number of H-pyrrole nitrogens is 1. The topological polar surface area (TPSA) is 37.9 Å². The van der Waals surface area contributed by atoms with Crippen LogP contribution < -0.4 is 4.74 Å². The van der Waals surface area contributed by atoms with Gasteiger partial charge < -0.3 is 9.72 Å². The van der Waals surface area contributed by atoms with E-state index in [0.717, 1.165) is 37.1 Å². The molecule has 0 spiro atoms. The maximum Gasteiger partial charge on any atom is 0.139 e. The number of nitrogens with zero attached hydrogens (tertiary/aromatic N) is 1. The lowest BCUT2D eigenvalue weighted by molar-refractivity contribution is 0.415. The average molecular weight is 363 g/mol. The van der Waals surface area contributed by atoms with Crippen LogP contribution in [0.3, 0.4) is 0 Å². The van der Waals surface area contributed by atoms with Crippen LogP contribution in [0.2, 0.25) is 5.02 Å². The van der Waals surface area contributed by atoms with Crippen molar-refractivity contribution in [2.45, 2.75) is 14.9 Å². The largest absolute Gasteiger partial charge is 0.497 e. The number of imidazole rings is 1. The SMILES string of the molecule is COc1cccc(-c2nc(SC)c(Sc3ccc(Cl)cc3)[nH]2)c1. The number of hydrogen-bond acceptors (Lipinski definition) is 4. The summed E-state index contributed by atoms with van der Waals surface area (Å²) in [6, 6.07) is 15.7. The zero-order valence-electron chi connectivity index (χ0n) is 12.7. The van der Waals surface area contributed by atoms with Crippen LogP contribution in [-0.4, -0.2) is 23.3 Å². The van der Waals surface area contributed by atoms with Gasteiger partial charge in [-0.15, -0.1) is 11.8 Å². The maximum absolute atomic E-state index is 5.94. The van der Waals surface area contributed by atoms with Crippen molar-refractivity contribution in [1.29, 1.82) is 0 Å². The van der Waals surface area contributed by atoms with E-state index in [2.05, 4.69) is 4.98 Å². The molecule has 0 aliphatic heterocycles. The van der Waals surface area contributed by atoms with E-state index in [1.54, 1.807) is 30.6 Å². The number of ether oxygens (including phenoxy) is 1. The second-order valence-electron chi connectivity index (χ2n) is 4.71. The van der Waals surface area contributed by atoms with Crippen LogP contribution in [0.25, 0.3) is 11.4 Å². The Morgan fingerprint density at radius 2 is 1.91 bits per heavy atom. The normalized spacial score (nSPS) is 10.7. The summed E-state index contributed by atoms with van der Waals surface area (Å²) in [5.41, 5.74) is 1.00. The lowest BCUT2D eigenvalue weighted by Crippen LogP contribution is -1.85. The van der Waals surface area contributed by atoms with Crippen molar-refractivity contribution in [3.05, 3.63) is 53.6 Å². The molecule has 0 radical (unpaired) electrons. The lowest BCUT2D eigenvalue weighted by atomic mass is 10.2. The van der Waals surface area contributed by atoms with Gasteiger partial charge in [0.1, 0.15) is 21.6 Å². The van der Waals surface area contributed by atoms with Gasteiger partial charge in [0, 0.05) is 15.5 Å². The molecule has 3 rings (SSSR count). The molecule has 6 heteroatoms. The number of hydrogen-bond donors (Lipinski definition) is 1. The highest BCUT2D eigenvalue weighted by atomic mass is 35.5. The van der Waals surface area contributed by atoms with E-state index in [-0.39, 0.29) is 0 Å². The van der Waals surface area contributed by atoms with Gasteiger partial charge in [-0.3, -0.25) is 0 Å². The minimum absolute atomic E-state index is 0.737. The van der Waals surface area contributed by atoms with Gasteiger partial charge in [-0.1, -0.05) is 35.5 Å². The van der Waals surface area contributed by atoms with Crippen LogP contribution in [0.1, 0.15) is 0 Å². The molecule has 0 saturated carbocycles. The lowest BCUT2D eigenvalue weighted by Gasteiger charge is -2.02. The van der Waals surface area contributed by atoms with Crippen molar-refractivity contribution >= 4 is 35.1 Å². The molecule has 1 aromatic heterocycles. The number of methoxy groups -OCH3 is 1. The Labute approximate surface area is 148 Å². The Bertz CT molecular complexity index is 803. The van der Waals surface area contributed by atoms with Gasteiger partial charge in [0.05, 0.1) is 7.11 Å². The molecule has 23 heavy (non-hydrogen) atoms. The van der Waals surface area contributed by atoms with Crippen molar-refractivity contribution < 1.29 is 4.74 Å². The summed E-state index contributed by atoms with van der Waals surface area (Å²) in [7, 11) is 1.66. The number of rotatable bonds is 5. The summed E-state index contributed by atoms with van der Waals surface area (Å²) in [6.07, 6.45) is 2.03. The number of nitrogens with one attached hydrogen (secondary N) is 1. The first-order chi connectivity index (χ1) is 11.2. The van der Waals surface area contributed by atoms with Gasteiger partial charge in [-0.05, 0) is 42.7 Å². The first kappa shape index (κ1) is 16.3. The van der Waals surface area contributed by atoms with Crippen molar-refractivity contribution in [2.24, 2.45) is 0 Å². The zero-order chi connectivity index (χ0) is 16.2. The summed E-state index contributed by atoms with van der Waals surface area (Å²) in [4.78, 5) is 9.22. The highest BCUT2D eigenvalue weighted by Crippen LogP contribution is 2.35. The van der Waals surface area contributed by atoms with E-state index in [4.69, 9.17) is 21.3 Å². The van der Waals surface area contributed by atoms with Crippen LogP contribution >= 0.6 is 35.1 Å². The predicted molar refractivity (Wildman–Crippen MR) is 97.9 cm³/mol. The van der Waals surface area contributed by atoms with Crippen molar-refractivity contribution in [3.8, 4) is 17.1 Å². The second kappa shape index (κ2) is 7.34.